The maximum absolute atomic E-state index is 11.8. The van der Waals surface area contributed by atoms with Gasteiger partial charge in [-0.1, -0.05) is 39.0 Å². The summed E-state index contributed by atoms with van der Waals surface area (Å²) in [5.41, 5.74) is 0.256. The lowest BCUT2D eigenvalue weighted by molar-refractivity contribution is -0.122. The van der Waals surface area contributed by atoms with Gasteiger partial charge >= 0.3 is 5.97 Å². The Labute approximate surface area is 139 Å². The predicted molar refractivity (Wildman–Crippen MR) is 88.8 cm³/mol. The minimum atomic E-state index is -2.08. The van der Waals surface area contributed by atoms with Crippen molar-refractivity contribution < 1.29 is 23.1 Å². The topological polar surface area (TPSA) is 80.7 Å². The quantitative estimate of drug-likeness (QED) is 0.377. The summed E-state index contributed by atoms with van der Waals surface area (Å²) < 4.78 is 24.7. The maximum Gasteiger partial charge on any atom is 0.338 e. The van der Waals surface area contributed by atoms with Crippen LogP contribution in [-0.4, -0.2) is 27.1 Å². The molecule has 0 aliphatic carbocycles. The average molecular weight is 340 g/mol. The molecular formula is C17H24O5S. The molecule has 1 aromatic rings. The molecule has 23 heavy (non-hydrogen) atoms. The third kappa shape index (κ3) is 8.04. The molecule has 6 heteroatoms. The van der Waals surface area contributed by atoms with Crippen LogP contribution in [0.1, 0.15) is 62.2 Å². The van der Waals surface area contributed by atoms with Crippen molar-refractivity contribution in [3.63, 3.8) is 0 Å². The fourth-order valence-electron chi connectivity index (χ4n) is 2.11. The van der Waals surface area contributed by atoms with Crippen molar-refractivity contribution in [2.45, 2.75) is 56.8 Å². The fourth-order valence-corrected chi connectivity index (χ4v) is 2.48. The highest BCUT2D eigenvalue weighted by Gasteiger charge is 2.11. The molecule has 128 valence electrons. The van der Waals surface area contributed by atoms with E-state index in [1.54, 1.807) is 0 Å². The molecule has 0 amide bonds. The highest BCUT2D eigenvalue weighted by Crippen LogP contribution is 2.10. The van der Waals surface area contributed by atoms with Crippen LogP contribution in [0.15, 0.2) is 29.2 Å². The number of Topliss-reactive ketones (excluding diaryl/α,β-unsaturated/α-hetero) is 1. The second-order valence-electron chi connectivity index (χ2n) is 5.41. The molecule has 5 nitrogen and oxygen atoms in total. The molecule has 0 aliphatic heterocycles. The number of benzene rings is 1. The van der Waals surface area contributed by atoms with Crippen molar-refractivity contribution in [1.82, 2.24) is 0 Å². The number of carbonyl (C=O) groups excluding carboxylic acids is 2. The second-order valence-corrected chi connectivity index (χ2v) is 6.38. The van der Waals surface area contributed by atoms with Gasteiger partial charge in [0.15, 0.2) is 16.9 Å². The predicted octanol–water partition coefficient (Wildman–Crippen LogP) is 3.74. The summed E-state index contributed by atoms with van der Waals surface area (Å²) in [5.74, 6) is -0.682. The molecule has 1 aromatic carbocycles. The average Bonchev–Trinajstić information content (AvgIpc) is 2.55. The largest absolute Gasteiger partial charge is 0.454 e. The van der Waals surface area contributed by atoms with E-state index in [0.717, 1.165) is 19.3 Å². The monoisotopic (exact) mass is 340 g/mol. The Morgan fingerprint density at radius 1 is 1.04 bits per heavy atom. The number of esters is 1. The molecule has 0 saturated heterocycles. The Morgan fingerprint density at radius 2 is 1.65 bits per heavy atom. The van der Waals surface area contributed by atoms with Crippen molar-refractivity contribution in [1.29, 1.82) is 0 Å². The zero-order chi connectivity index (χ0) is 17.1. The first-order chi connectivity index (χ1) is 11.0. The summed E-state index contributed by atoms with van der Waals surface area (Å²) in [6, 6.07) is 5.57. The van der Waals surface area contributed by atoms with Gasteiger partial charge in [-0.3, -0.25) is 4.79 Å². The normalized spacial score (nSPS) is 11.9. The summed E-state index contributed by atoms with van der Waals surface area (Å²) in [6.07, 6.45) is 7.06. The number of hydrogen-bond acceptors (Lipinski definition) is 4. The first kappa shape index (κ1) is 19.5. The van der Waals surface area contributed by atoms with Gasteiger partial charge in [0.25, 0.3) is 0 Å². The Kier molecular flexibility index (Phi) is 9.40. The molecule has 1 N–H and O–H groups in total. The van der Waals surface area contributed by atoms with Crippen LogP contribution in [0.4, 0.5) is 0 Å². The Bertz CT molecular complexity index is 524. The Morgan fingerprint density at radius 3 is 2.26 bits per heavy atom. The van der Waals surface area contributed by atoms with E-state index in [-0.39, 0.29) is 22.8 Å². The minimum Gasteiger partial charge on any atom is -0.454 e. The number of rotatable bonds is 11. The van der Waals surface area contributed by atoms with E-state index in [0.29, 0.717) is 6.42 Å². The molecule has 0 radical (unpaired) electrons. The van der Waals surface area contributed by atoms with Gasteiger partial charge in [0, 0.05) is 6.42 Å². The van der Waals surface area contributed by atoms with Gasteiger partial charge < -0.3 is 9.29 Å². The minimum absolute atomic E-state index is 0.0816. The van der Waals surface area contributed by atoms with Crippen LogP contribution >= 0.6 is 0 Å². The van der Waals surface area contributed by atoms with E-state index in [4.69, 9.17) is 9.29 Å². The summed E-state index contributed by atoms with van der Waals surface area (Å²) >= 11 is -2.08. The molecule has 0 saturated carbocycles. The van der Waals surface area contributed by atoms with Crippen molar-refractivity contribution >= 4 is 22.8 Å². The lowest BCUT2D eigenvalue weighted by Gasteiger charge is -2.05. The molecule has 0 spiro atoms. The fraction of sp³-hybridized carbons (Fsp3) is 0.529. The lowest BCUT2D eigenvalue weighted by Crippen LogP contribution is -2.14. The Balaban J connectivity index is 2.24. The summed E-state index contributed by atoms with van der Waals surface area (Å²) in [5, 5.41) is 0. The highest BCUT2D eigenvalue weighted by atomic mass is 32.2. The molecule has 0 fully saturated rings. The standard InChI is InChI=1S/C17H24O5S/c1-2-3-4-5-6-7-8-15(18)13-22-17(19)14-9-11-16(12-10-14)23(20)21/h9-12H,2-8,13H2,1H3,(H,20,21). The van der Waals surface area contributed by atoms with E-state index < -0.39 is 17.0 Å². The van der Waals surface area contributed by atoms with Crippen LogP contribution in [0, 0.1) is 0 Å². The molecule has 0 bridgehead atoms. The van der Waals surface area contributed by atoms with Gasteiger partial charge in [-0.15, -0.1) is 0 Å². The van der Waals surface area contributed by atoms with E-state index in [2.05, 4.69) is 6.92 Å². The third-order valence-electron chi connectivity index (χ3n) is 3.47. The maximum atomic E-state index is 11.8. The SMILES string of the molecule is CCCCCCCCC(=O)COC(=O)c1ccc(S(=O)O)cc1. The first-order valence-electron chi connectivity index (χ1n) is 7.94. The lowest BCUT2D eigenvalue weighted by atomic mass is 10.1. The van der Waals surface area contributed by atoms with Crippen LogP contribution in [0.5, 0.6) is 0 Å². The van der Waals surface area contributed by atoms with Gasteiger partial charge in [-0.25, -0.2) is 9.00 Å². The zero-order valence-corrected chi connectivity index (χ0v) is 14.3. The molecule has 0 heterocycles. The second kappa shape index (κ2) is 11.1. The van der Waals surface area contributed by atoms with Crippen LogP contribution in [0.25, 0.3) is 0 Å². The van der Waals surface area contributed by atoms with Gasteiger partial charge in [0.1, 0.15) is 6.61 Å². The summed E-state index contributed by atoms with van der Waals surface area (Å²) in [7, 11) is 0. The van der Waals surface area contributed by atoms with Crippen molar-refractivity contribution in [3.8, 4) is 0 Å². The molecule has 0 aliphatic rings. The third-order valence-corrected chi connectivity index (χ3v) is 4.14. The van der Waals surface area contributed by atoms with E-state index in [1.807, 2.05) is 0 Å². The highest BCUT2D eigenvalue weighted by molar-refractivity contribution is 7.79. The molecule has 1 atom stereocenters. The van der Waals surface area contributed by atoms with Gasteiger partial charge in [-0.05, 0) is 30.7 Å². The first-order valence-corrected chi connectivity index (χ1v) is 9.05. The smallest absolute Gasteiger partial charge is 0.338 e. The van der Waals surface area contributed by atoms with E-state index in [9.17, 15) is 13.8 Å². The zero-order valence-electron chi connectivity index (χ0n) is 13.5. The van der Waals surface area contributed by atoms with Crippen molar-refractivity contribution in [3.05, 3.63) is 29.8 Å². The number of ether oxygens (including phenoxy) is 1. The van der Waals surface area contributed by atoms with E-state index in [1.165, 1.54) is 43.5 Å². The van der Waals surface area contributed by atoms with Crippen LogP contribution in [0.2, 0.25) is 0 Å². The van der Waals surface area contributed by atoms with Crippen LogP contribution in [0.3, 0.4) is 0 Å². The molecular weight excluding hydrogens is 316 g/mol. The molecule has 0 aromatic heterocycles. The number of hydrogen-bond donors (Lipinski definition) is 1. The Hall–Kier alpha value is -1.53. The number of carbonyl (C=O) groups is 2. The summed E-state index contributed by atoms with van der Waals surface area (Å²) in [4.78, 5) is 23.6. The number of ketones is 1. The van der Waals surface area contributed by atoms with Gasteiger partial charge in [-0.2, -0.15) is 0 Å². The van der Waals surface area contributed by atoms with Crippen molar-refractivity contribution in [2.75, 3.05) is 6.61 Å². The molecule has 1 rings (SSSR count). The van der Waals surface area contributed by atoms with Gasteiger partial charge in [0.2, 0.25) is 0 Å². The van der Waals surface area contributed by atoms with Crippen molar-refractivity contribution in [2.24, 2.45) is 0 Å². The van der Waals surface area contributed by atoms with Gasteiger partial charge in [0.05, 0.1) is 10.5 Å². The van der Waals surface area contributed by atoms with Crippen LogP contribution < -0.4 is 0 Å². The molecule has 1 unspecified atom stereocenters. The van der Waals surface area contributed by atoms with Crippen LogP contribution in [-0.2, 0) is 20.6 Å². The summed E-state index contributed by atoms with van der Waals surface area (Å²) in [6.45, 7) is 1.94. The number of unbranched alkanes of at least 4 members (excludes halogenated alkanes) is 5. The van der Waals surface area contributed by atoms with E-state index >= 15 is 0 Å².